The van der Waals surface area contributed by atoms with Gasteiger partial charge in [0.05, 0.1) is 0 Å². The predicted octanol–water partition coefficient (Wildman–Crippen LogP) is 3.42. The number of amides is 1. The lowest BCUT2D eigenvalue weighted by Gasteiger charge is -2.39. The van der Waals surface area contributed by atoms with Crippen LogP contribution in [-0.2, 0) is 0 Å². The smallest absolute Gasteiger partial charge is 0.251 e. The molecule has 4 rings (SSSR count). The monoisotopic (exact) mass is 388 g/mol. The Balaban J connectivity index is 1.25. The predicted molar refractivity (Wildman–Crippen MR) is 118 cm³/mol. The highest BCUT2D eigenvalue weighted by Gasteiger charge is 2.21. The molecule has 0 saturated carbocycles. The Kier molecular flexibility index (Phi) is 5.96. The largest absolute Gasteiger partial charge is 0.369 e. The van der Waals surface area contributed by atoms with Crippen LogP contribution in [0.15, 0.2) is 79.1 Å². The molecule has 1 fully saturated rings. The maximum Gasteiger partial charge on any atom is 0.251 e. The summed E-state index contributed by atoms with van der Waals surface area (Å²) in [6, 6.07) is 22.6. The van der Waals surface area contributed by atoms with Gasteiger partial charge in [-0.2, -0.15) is 0 Å². The molecule has 1 N–H and O–H groups in total. The fraction of sp³-hybridized carbons (Fsp3) is 0.292. The number of para-hydroxylation sites is 1. The summed E-state index contributed by atoms with van der Waals surface area (Å²) in [6.45, 7) is 6.90. The van der Waals surface area contributed by atoms with Crippen molar-refractivity contribution in [3.8, 4) is 5.69 Å². The highest BCUT2D eigenvalue weighted by molar-refractivity contribution is 5.94. The Hall–Kier alpha value is -3.05. The van der Waals surface area contributed by atoms with Gasteiger partial charge < -0.3 is 14.8 Å². The van der Waals surface area contributed by atoms with Crippen molar-refractivity contribution >= 4 is 11.6 Å². The molecule has 29 heavy (non-hydrogen) atoms. The molecule has 0 bridgehead atoms. The highest BCUT2D eigenvalue weighted by atomic mass is 16.1. The summed E-state index contributed by atoms with van der Waals surface area (Å²) in [4.78, 5) is 17.4. The summed E-state index contributed by atoms with van der Waals surface area (Å²) in [5, 5.41) is 3.09. The van der Waals surface area contributed by atoms with E-state index in [0.29, 0.717) is 18.2 Å². The number of nitrogens with one attached hydrogen (secondary N) is 1. The number of carbonyl (C=O) groups is 1. The van der Waals surface area contributed by atoms with Crippen LogP contribution in [0, 0.1) is 0 Å². The molecule has 1 aromatic heterocycles. The van der Waals surface area contributed by atoms with Crippen LogP contribution in [0.25, 0.3) is 5.69 Å². The number of piperazine rings is 1. The summed E-state index contributed by atoms with van der Waals surface area (Å²) in [5.74, 6) is -0.0150. The second-order valence-corrected chi connectivity index (χ2v) is 7.55. The molecule has 0 radical (unpaired) electrons. The topological polar surface area (TPSA) is 40.5 Å². The zero-order valence-electron chi connectivity index (χ0n) is 16.9. The van der Waals surface area contributed by atoms with Crippen molar-refractivity contribution in [3.63, 3.8) is 0 Å². The van der Waals surface area contributed by atoms with Crippen molar-refractivity contribution in [2.24, 2.45) is 0 Å². The van der Waals surface area contributed by atoms with Gasteiger partial charge in [-0.3, -0.25) is 9.69 Å². The number of carbonyl (C=O) groups excluding carboxylic acids is 1. The lowest BCUT2D eigenvalue weighted by Crippen LogP contribution is -2.52. The van der Waals surface area contributed by atoms with Gasteiger partial charge in [-0.1, -0.05) is 18.2 Å². The molecule has 0 spiro atoms. The number of hydrogen-bond acceptors (Lipinski definition) is 3. The zero-order valence-corrected chi connectivity index (χ0v) is 16.9. The molecule has 150 valence electrons. The van der Waals surface area contributed by atoms with Crippen LogP contribution in [0.4, 0.5) is 5.69 Å². The molecular formula is C24H28N4O. The van der Waals surface area contributed by atoms with Crippen LogP contribution in [0.5, 0.6) is 0 Å². The van der Waals surface area contributed by atoms with E-state index in [9.17, 15) is 4.79 Å². The third-order valence-corrected chi connectivity index (χ3v) is 5.65. The molecule has 1 unspecified atom stereocenters. The van der Waals surface area contributed by atoms with Crippen molar-refractivity contribution in [1.82, 2.24) is 14.8 Å². The maximum absolute atomic E-state index is 12.5. The molecule has 1 amide bonds. The third kappa shape index (κ3) is 4.69. The molecule has 2 heterocycles. The Bertz CT molecular complexity index is 898. The maximum atomic E-state index is 12.5. The Morgan fingerprint density at radius 1 is 0.862 bits per heavy atom. The van der Waals surface area contributed by atoms with Crippen LogP contribution in [0.1, 0.15) is 17.3 Å². The lowest BCUT2D eigenvalue weighted by molar-refractivity contribution is 0.0934. The van der Waals surface area contributed by atoms with E-state index in [-0.39, 0.29) is 5.91 Å². The van der Waals surface area contributed by atoms with E-state index < -0.39 is 0 Å². The second kappa shape index (κ2) is 8.97. The molecule has 1 saturated heterocycles. The standard InChI is InChI=1S/C24H28N4O/c1-20(26-15-17-28(18-16-26)22-7-3-2-4-8-22)19-25-24(29)21-9-11-23(12-10-21)27-13-5-6-14-27/h2-14,20H,15-19H2,1H3,(H,25,29). The average molecular weight is 389 g/mol. The van der Waals surface area contributed by atoms with Gasteiger partial charge in [-0.15, -0.1) is 0 Å². The first-order chi connectivity index (χ1) is 14.2. The minimum Gasteiger partial charge on any atom is -0.369 e. The number of rotatable bonds is 6. The molecule has 1 aliphatic heterocycles. The number of anilines is 1. The SMILES string of the molecule is CC(CNC(=O)c1ccc(-n2cccc2)cc1)N1CCN(c2ccccc2)CC1. The molecular weight excluding hydrogens is 360 g/mol. The van der Waals surface area contributed by atoms with Gasteiger partial charge in [0.25, 0.3) is 5.91 Å². The normalized spacial score (nSPS) is 15.8. The highest BCUT2D eigenvalue weighted by Crippen LogP contribution is 2.16. The summed E-state index contributed by atoms with van der Waals surface area (Å²) in [6.07, 6.45) is 3.99. The Labute approximate surface area is 172 Å². The van der Waals surface area contributed by atoms with Gasteiger partial charge in [0, 0.05) is 68.1 Å². The number of nitrogens with zero attached hydrogens (tertiary/aromatic N) is 3. The molecule has 0 aliphatic carbocycles. The summed E-state index contributed by atoms with van der Waals surface area (Å²) < 4.78 is 2.03. The molecule has 3 aromatic rings. The van der Waals surface area contributed by atoms with Crippen LogP contribution in [-0.4, -0.2) is 54.1 Å². The van der Waals surface area contributed by atoms with Crippen molar-refractivity contribution in [2.75, 3.05) is 37.6 Å². The van der Waals surface area contributed by atoms with Crippen molar-refractivity contribution < 1.29 is 4.79 Å². The summed E-state index contributed by atoms with van der Waals surface area (Å²) in [5.41, 5.74) is 3.04. The quantitative estimate of drug-likeness (QED) is 0.703. The van der Waals surface area contributed by atoms with E-state index in [0.717, 1.165) is 31.9 Å². The molecule has 5 heteroatoms. The fourth-order valence-electron chi connectivity index (χ4n) is 3.82. The van der Waals surface area contributed by atoms with Gasteiger partial charge in [-0.25, -0.2) is 0 Å². The third-order valence-electron chi connectivity index (χ3n) is 5.65. The first-order valence-corrected chi connectivity index (χ1v) is 10.3. The van der Waals surface area contributed by atoms with Crippen LogP contribution >= 0.6 is 0 Å². The van der Waals surface area contributed by atoms with Gasteiger partial charge in [0.2, 0.25) is 0 Å². The van der Waals surface area contributed by atoms with Gasteiger partial charge >= 0.3 is 0 Å². The van der Waals surface area contributed by atoms with E-state index >= 15 is 0 Å². The van der Waals surface area contributed by atoms with Crippen LogP contribution < -0.4 is 10.2 Å². The first-order valence-electron chi connectivity index (χ1n) is 10.3. The van der Waals surface area contributed by atoms with E-state index in [1.165, 1.54) is 5.69 Å². The number of benzene rings is 2. The van der Waals surface area contributed by atoms with E-state index in [4.69, 9.17) is 0 Å². The van der Waals surface area contributed by atoms with E-state index in [1.54, 1.807) is 0 Å². The van der Waals surface area contributed by atoms with Crippen molar-refractivity contribution in [2.45, 2.75) is 13.0 Å². The molecule has 1 atom stereocenters. The lowest BCUT2D eigenvalue weighted by atomic mass is 10.1. The molecule has 5 nitrogen and oxygen atoms in total. The van der Waals surface area contributed by atoms with E-state index in [1.807, 2.05) is 53.4 Å². The van der Waals surface area contributed by atoms with Crippen molar-refractivity contribution in [3.05, 3.63) is 84.7 Å². The molecule has 2 aromatic carbocycles. The first kappa shape index (κ1) is 19.3. The number of hydrogen-bond donors (Lipinski definition) is 1. The Morgan fingerprint density at radius 2 is 1.52 bits per heavy atom. The van der Waals surface area contributed by atoms with Crippen molar-refractivity contribution in [1.29, 1.82) is 0 Å². The second-order valence-electron chi connectivity index (χ2n) is 7.55. The fourth-order valence-corrected chi connectivity index (χ4v) is 3.82. The van der Waals surface area contributed by atoms with E-state index in [2.05, 4.69) is 52.4 Å². The van der Waals surface area contributed by atoms with Crippen LogP contribution in [0.3, 0.4) is 0 Å². The zero-order chi connectivity index (χ0) is 20.1. The minimum atomic E-state index is -0.0150. The average Bonchev–Trinajstić information content (AvgIpc) is 3.33. The Morgan fingerprint density at radius 3 is 2.17 bits per heavy atom. The number of aromatic nitrogens is 1. The molecule has 1 aliphatic rings. The minimum absolute atomic E-state index is 0.0150. The van der Waals surface area contributed by atoms with Crippen LogP contribution in [0.2, 0.25) is 0 Å². The van der Waals surface area contributed by atoms with Gasteiger partial charge in [0.15, 0.2) is 0 Å². The van der Waals surface area contributed by atoms with Gasteiger partial charge in [0.1, 0.15) is 0 Å². The van der Waals surface area contributed by atoms with Gasteiger partial charge in [-0.05, 0) is 55.5 Å². The summed E-state index contributed by atoms with van der Waals surface area (Å²) in [7, 11) is 0. The summed E-state index contributed by atoms with van der Waals surface area (Å²) >= 11 is 0.